The Morgan fingerprint density at radius 3 is 2.77 bits per heavy atom. The Labute approximate surface area is 186 Å². The molecule has 2 aromatic carbocycles. The quantitative estimate of drug-likeness (QED) is 0.419. The standard InChI is InChI=1S/C21H15Cl2N5OS/c1-11-8-12-4-2-3-5-16(12)28(11)21-25-18-17(19(29)26-21)20(30)27(10-24-18)13-6-7-14(22)15(23)9-13/h2-7,9-11H,8H2,1H3,(H,25,26,29)/t11-/m1/s1. The number of anilines is 2. The molecule has 3 heterocycles. The van der Waals surface area contributed by atoms with Gasteiger partial charge in [0, 0.05) is 17.4 Å². The monoisotopic (exact) mass is 455 g/mol. The number of H-pyrrole nitrogens is 1. The number of rotatable bonds is 2. The van der Waals surface area contributed by atoms with Crippen molar-refractivity contribution in [1.82, 2.24) is 19.5 Å². The highest BCUT2D eigenvalue weighted by Gasteiger charge is 2.29. The molecule has 0 aliphatic carbocycles. The van der Waals surface area contributed by atoms with Gasteiger partial charge in [-0.2, -0.15) is 4.98 Å². The summed E-state index contributed by atoms with van der Waals surface area (Å²) in [6, 6.07) is 13.4. The Kier molecular flexibility index (Phi) is 4.61. The van der Waals surface area contributed by atoms with Gasteiger partial charge in [-0.3, -0.25) is 14.3 Å². The molecule has 0 saturated carbocycles. The topological polar surface area (TPSA) is 66.8 Å². The summed E-state index contributed by atoms with van der Waals surface area (Å²) in [5.74, 6) is 0.458. The van der Waals surface area contributed by atoms with E-state index >= 15 is 0 Å². The lowest BCUT2D eigenvalue weighted by molar-refractivity contribution is 0.739. The second-order valence-corrected chi connectivity index (χ2v) is 8.36. The zero-order chi connectivity index (χ0) is 21.0. The summed E-state index contributed by atoms with van der Waals surface area (Å²) in [5.41, 5.74) is 2.88. The van der Waals surface area contributed by atoms with Crippen LogP contribution in [-0.2, 0) is 6.42 Å². The molecule has 1 aliphatic heterocycles. The maximum Gasteiger partial charge on any atom is 0.264 e. The highest BCUT2D eigenvalue weighted by atomic mass is 35.5. The molecule has 1 N–H and O–H groups in total. The van der Waals surface area contributed by atoms with Gasteiger partial charge >= 0.3 is 0 Å². The molecule has 0 fully saturated rings. The predicted molar refractivity (Wildman–Crippen MR) is 122 cm³/mol. The number of fused-ring (bicyclic) bond motifs is 2. The number of hydrogen-bond acceptors (Lipinski definition) is 5. The summed E-state index contributed by atoms with van der Waals surface area (Å²) < 4.78 is 1.91. The minimum absolute atomic E-state index is 0.163. The van der Waals surface area contributed by atoms with Crippen molar-refractivity contribution in [1.29, 1.82) is 0 Å². The number of para-hydroxylation sites is 1. The molecule has 0 radical (unpaired) electrons. The summed E-state index contributed by atoms with van der Waals surface area (Å²) in [6.07, 6.45) is 2.42. The summed E-state index contributed by atoms with van der Waals surface area (Å²) in [4.78, 5) is 27.0. The van der Waals surface area contributed by atoms with Crippen LogP contribution in [0.3, 0.4) is 0 Å². The molecule has 9 heteroatoms. The molecule has 0 bridgehead atoms. The van der Waals surface area contributed by atoms with Crippen molar-refractivity contribution in [3.8, 4) is 5.69 Å². The number of nitrogens with zero attached hydrogens (tertiary/aromatic N) is 4. The number of hydrogen-bond donors (Lipinski definition) is 1. The van der Waals surface area contributed by atoms with E-state index in [2.05, 4.69) is 27.9 Å². The minimum atomic E-state index is -0.335. The predicted octanol–water partition coefficient (Wildman–Crippen LogP) is 5.23. The third-order valence-corrected chi connectivity index (χ3v) is 6.37. The lowest BCUT2D eigenvalue weighted by Gasteiger charge is -2.23. The van der Waals surface area contributed by atoms with E-state index in [4.69, 9.17) is 35.4 Å². The first-order chi connectivity index (χ1) is 14.4. The molecule has 1 aliphatic rings. The number of nitrogens with one attached hydrogen (secondary N) is 1. The first-order valence-corrected chi connectivity index (χ1v) is 10.4. The van der Waals surface area contributed by atoms with Crippen molar-refractivity contribution in [2.45, 2.75) is 19.4 Å². The summed E-state index contributed by atoms with van der Waals surface area (Å²) in [7, 11) is 0. The molecule has 0 spiro atoms. The normalized spacial score (nSPS) is 15.6. The fraction of sp³-hybridized carbons (Fsp3) is 0.143. The zero-order valence-electron chi connectivity index (χ0n) is 15.8. The van der Waals surface area contributed by atoms with Crippen molar-refractivity contribution in [3.63, 3.8) is 0 Å². The fourth-order valence-corrected chi connectivity index (χ4v) is 4.47. The van der Waals surface area contributed by atoms with E-state index in [9.17, 15) is 4.79 Å². The first kappa shape index (κ1) is 19.2. The molecule has 6 nitrogen and oxygen atoms in total. The molecule has 0 saturated heterocycles. The van der Waals surface area contributed by atoms with Crippen LogP contribution in [0.15, 0.2) is 53.6 Å². The van der Waals surface area contributed by atoms with E-state index in [1.807, 2.05) is 23.1 Å². The smallest absolute Gasteiger partial charge is 0.264 e. The van der Waals surface area contributed by atoms with Crippen molar-refractivity contribution in [2.24, 2.45) is 0 Å². The Hall–Kier alpha value is -2.74. The van der Waals surface area contributed by atoms with Crippen molar-refractivity contribution in [2.75, 3.05) is 4.90 Å². The van der Waals surface area contributed by atoms with Gasteiger partial charge in [-0.1, -0.05) is 53.6 Å². The maximum atomic E-state index is 13.0. The van der Waals surface area contributed by atoms with Crippen LogP contribution in [0.2, 0.25) is 10.0 Å². The van der Waals surface area contributed by atoms with Crippen molar-refractivity contribution in [3.05, 3.63) is 79.4 Å². The van der Waals surface area contributed by atoms with E-state index in [0.717, 1.165) is 12.1 Å². The third kappa shape index (κ3) is 3.01. The van der Waals surface area contributed by atoms with Crippen molar-refractivity contribution >= 4 is 58.1 Å². The van der Waals surface area contributed by atoms with Gasteiger partial charge in [0.25, 0.3) is 5.56 Å². The lowest BCUT2D eigenvalue weighted by atomic mass is 10.1. The second-order valence-electron chi connectivity index (χ2n) is 7.16. The SMILES string of the molecule is C[C@@H]1Cc2ccccc2N1c1nc2ncn(-c3ccc(Cl)c(Cl)c3)c(=S)c2c(=O)[nH]1. The lowest BCUT2D eigenvalue weighted by Crippen LogP contribution is -2.28. The van der Waals surface area contributed by atoms with Gasteiger partial charge < -0.3 is 4.90 Å². The van der Waals surface area contributed by atoms with Crippen LogP contribution in [0.1, 0.15) is 12.5 Å². The molecule has 0 amide bonds. The number of aromatic nitrogens is 4. The van der Waals surface area contributed by atoms with E-state index in [-0.39, 0.29) is 17.0 Å². The molecular formula is C21H15Cl2N5OS. The van der Waals surface area contributed by atoms with Gasteiger partial charge in [0.15, 0.2) is 5.65 Å². The summed E-state index contributed by atoms with van der Waals surface area (Å²) >= 11 is 17.7. The zero-order valence-corrected chi connectivity index (χ0v) is 18.1. The Balaban J connectivity index is 1.67. The van der Waals surface area contributed by atoms with Crippen LogP contribution in [0.25, 0.3) is 16.7 Å². The average Bonchev–Trinajstić information content (AvgIpc) is 3.05. The molecule has 1 atom stereocenters. The first-order valence-electron chi connectivity index (χ1n) is 9.28. The molecule has 0 unspecified atom stereocenters. The number of aromatic amines is 1. The van der Waals surface area contributed by atoms with Gasteiger partial charge in [-0.05, 0) is 43.2 Å². The van der Waals surface area contributed by atoms with Crippen LogP contribution in [0.4, 0.5) is 11.6 Å². The highest BCUT2D eigenvalue weighted by Crippen LogP contribution is 2.36. The molecule has 150 valence electrons. The van der Waals surface area contributed by atoms with Crippen molar-refractivity contribution < 1.29 is 0 Å². The van der Waals surface area contributed by atoms with Gasteiger partial charge in [0.05, 0.1) is 10.0 Å². The third-order valence-electron chi connectivity index (χ3n) is 5.23. The Morgan fingerprint density at radius 1 is 1.17 bits per heavy atom. The summed E-state index contributed by atoms with van der Waals surface area (Å²) in [5, 5.41) is 1.08. The van der Waals surface area contributed by atoms with Gasteiger partial charge in [-0.15, -0.1) is 0 Å². The van der Waals surface area contributed by atoms with E-state index in [0.29, 0.717) is 32.0 Å². The van der Waals surface area contributed by atoms with Gasteiger partial charge in [0.2, 0.25) is 5.95 Å². The molecule has 4 aromatic rings. The largest absolute Gasteiger partial charge is 0.309 e. The summed E-state index contributed by atoms with van der Waals surface area (Å²) in [6.45, 7) is 2.10. The van der Waals surface area contributed by atoms with Crippen LogP contribution in [-0.4, -0.2) is 25.6 Å². The number of benzene rings is 2. The Bertz CT molecular complexity index is 1430. The molecular weight excluding hydrogens is 441 g/mol. The van der Waals surface area contributed by atoms with Crippen LogP contribution < -0.4 is 10.5 Å². The average molecular weight is 456 g/mol. The highest BCUT2D eigenvalue weighted by molar-refractivity contribution is 7.71. The molecule has 5 rings (SSSR count). The van der Waals surface area contributed by atoms with Gasteiger partial charge in [0.1, 0.15) is 16.4 Å². The Morgan fingerprint density at radius 2 is 1.97 bits per heavy atom. The van der Waals surface area contributed by atoms with Crippen LogP contribution >= 0.6 is 35.4 Å². The molecule has 30 heavy (non-hydrogen) atoms. The van der Waals surface area contributed by atoms with E-state index in [1.54, 1.807) is 29.1 Å². The molecule has 2 aromatic heterocycles. The second kappa shape index (κ2) is 7.19. The van der Waals surface area contributed by atoms with E-state index < -0.39 is 0 Å². The fourth-order valence-electron chi connectivity index (χ4n) is 3.84. The van der Waals surface area contributed by atoms with Crippen LogP contribution in [0.5, 0.6) is 0 Å². The van der Waals surface area contributed by atoms with Crippen LogP contribution in [0, 0.1) is 4.64 Å². The number of halogens is 2. The van der Waals surface area contributed by atoms with Gasteiger partial charge in [-0.25, -0.2) is 4.98 Å². The van der Waals surface area contributed by atoms with E-state index in [1.165, 1.54) is 5.56 Å². The minimum Gasteiger partial charge on any atom is -0.309 e. The maximum absolute atomic E-state index is 13.0.